The Morgan fingerprint density at radius 1 is 1.11 bits per heavy atom. The van der Waals surface area contributed by atoms with Gasteiger partial charge in [0.15, 0.2) is 5.78 Å². The number of ether oxygens (including phenoxy) is 1. The predicted molar refractivity (Wildman–Crippen MR) is 80.6 cm³/mol. The molecule has 0 unspecified atom stereocenters. The Bertz CT molecular complexity index is 641. The molecule has 2 aromatic carbocycles. The Morgan fingerprint density at radius 2 is 1.84 bits per heavy atom. The maximum absolute atomic E-state index is 12.3. The maximum atomic E-state index is 12.3. The first-order valence-electron chi connectivity index (χ1n) is 5.36. The molecule has 0 fully saturated rings. The Hall–Kier alpha value is -1.03. The van der Waals surface area contributed by atoms with Crippen LogP contribution in [0.15, 0.2) is 40.9 Å². The first-order valence-corrected chi connectivity index (χ1v) is 6.91. The fraction of sp³-hybridized carbons (Fsp3) is 0.0714. The van der Waals surface area contributed by atoms with Gasteiger partial charge in [-0.15, -0.1) is 0 Å². The zero-order chi connectivity index (χ0) is 14.0. The highest BCUT2D eigenvalue weighted by Gasteiger charge is 2.14. The van der Waals surface area contributed by atoms with E-state index < -0.39 is 0 Å². The number of benzene rings is 2. The normalized spacial score (nSPS) is 10.3. The van der Waals surface area contributed by atoms with Gasteiger partial charge >= 0.3 is 0 Å². The number of carbonyl (C=O) groups excluding carboxylic acids is 1. The third-order valence-electron chi connectivity index (χ3n) is 2.60. The van der Waals surface area contributed by atoms with Crippen molar-refractivity contribution in [3.63, 3.8) is 0 Å². The summed E-state index contributed by atoms with van der Waals surface area (Å²) >= 11 is 15.3. The third kappa shape index (κ3) is 3.11. The number of hydrogen-bond donors (Lipinski definition) is 0. The van der Waals surface area contributed by atoms with Crippen LogP contribution in [-0.4, -0.2) is 12.9 Å². The van der Waals surface area contributed by atoms with Gasteiger partial charge in [0, 0.05) is 15.6 Å². The van der Waals surface area contributed by atoms with Gasteiger partial charge in [-0.25, -0.2) is 0 Å². The van der Waals surface area contributed by atoms with Crippen molar-refractivity contribution in [1.82, 2.24) is 0 Å². The number of hydrogen-bond acceptors (Lipinski definition) is 2. The molecule has 0 atom stereocenters. The lowest BCUT2D eigenvalue weighted by atomic mass is 10.0. The van der Waals surface area contributed by atoms with Gasteiger partial charge in [-0.05, 0) is 52.3 Å². The first-order chi connectivity index (χ1) is 9.02. The number of carbonyl (C=O) groups is 1. The molecule has 0 saturated heterocycles. The minimum atomic E-state index is -0.179. The van der Waals surface area contributed by atoms with Crippen molar-refractivity contribution in [2.75, 3.05) is 7.11 Å². The van der Waals surface area contributed by atoms with E-state index in [1.807, 2.05) is 0 Å². The second-order valence-corrected chi connectivity index (χ2v) is 5.47. The Kier molecular flexibility index (Phi) is 4.50. The molecule has 0 heterocycles. The lowest BCUT2D eigenvalue weighted by Crippen LogP contribution is -2.02. The molecule has 0 aliphatic heterocycles. The predicted octanol–water partition coefficient (Wildman–Crippen LogP) is 5.00. The highest BCUT2D eigenvalue weighted by molar-refractivity contribution is 9.10. The van der Waals surface area contributed by atoms with Crippen LogP contribution in [0.1, 0.15) is 15.9 Å². The highest BCUT2D eigenvalue weighted by atomic mass is 79.9. The smallest absolute Gasteiger partial charge is 0.194 e. The maximum Gasteiger partial charge on any atom is 0.194 e. The molecule has 2 rings (SSSR count). The van der Waals surface area contributed by atoms with Gasteiger partial charge in [0.05, 0.1) is 17.2 Å². The average Bonchev–Trinajstić information content (AvgIpc) is 2.41. The number of rotatable bonds is 3. The standard InChI is InChI=1S/C14H9BrCl2O2/c1-19-9-3-4-10(12(16)7-9)14(18)8-2-5-11(15)13(17)6-8/h2-7H,1H3. The summed E-state index contributed by atoms with van der Waals surface area (Å²) in [6.07, 6.45) is 0. The minimum absolute atomic E-state index is 0.179. The van der Waals surface area contributed by atoms with Crippen LogP contribution < -0.4 is 4.74 Å². The Morgan fingerprint density at radius 3 is 2.42 bits per heavy atom. The number of methoxy groups -OCH3 is 1. The minimum Gasteiger partial charge on any atom is -0.497 e. The molecule has 98 valence electrons. The van der Waals surface area contributed by atoms with Gasteiger partial charge in [-0.3, -0.25) is 4.79 Å². The SMILES string of the molecule is COc1ccc(C(=O)c2ccc(Br)c(Cl)c2)c(Cl)c1. The second-order valence-electron chi connectivity index (χ2n) is 3.80. The first kappa shape index (κ1) is 14.4. The molecule has 0 aromatic heterocycles. The summed E-state index contributed by atoms with van der Waals surface area (Å²) in [5.41, 5.74) is 0.904. The van der Waals surface area contributed by atoms with Crippen LogP contribution in [0.4, 0.5) is 0 Å². The van der Waals surface area contributed by atoms with Crippen molar-refractivity contribution in [3.8, 4) is 5.75 Å². The zero-order valence-electron chi connectivity index (χ0n) is 9.91. The van der Waals surface area contributed by atoms with Crippen molar-refractivity contribution in [1.29, 1.82) is 0 Å². The second kappa shape index (κ2) is 5.95. The molecule has 0 bridgehead atoms. The van der Waals surface area contributed by atoms with E-state index >= 15 is 0 Å². The van der Waals surface area contributed by atoms with E-state index in [4.69, 9.17) is 27.9 Å². The Balaban J connectivity index is 2.41. The fourth-order valence-corrected chi connectivity index (χ4v) is 2.28. The summed E-state index contributed by atoms with van der Waals surface area (Å²) in [6.45, 7) is 0. The quantitative estimate of drug-likeness (QED) is 0.721. The van der Waals surface area contributed by atoms with Gasteiger partial charge in [0.2, 0.25) is 0 Å². The molecule has 2 aromatic rings. The van der Waals surface area contributed by atoms with Crippen molar-refractivity contribution in [3.05, 3.63) is 62.0 Å². The molecule has 2 nitrogen and oxygen atoms in total. The van der Waals surface area contributed by atoms with Crippen LogP contribution in [0, 0.1) is 0 Å². The summed E-state index contributed by atoms with van der Waals surface area (Å²) in [6, 6.07) is 9.97. The van der Waals surface area contributed by atoms with E-state index in [2.05, 4.69) is 15.9 Å². The monoisotopic (exact) mass is 358 g/mol. The van der Waals surface area contributed by atoms with E-state index in [0.29, 0.717) is 26.9 Å². The summed E-state index contributed by atoms with van der Waals surface area (Å²) in [7, 11) is 1.54. The van der Waals surface area contributed by atoms with E-state index in [0.717, 1.165) is 4.47 Å². The number of halogens is 3. The van der Waals surface area contributed by atoms with Gasteiger partial charge in [0.1, 0.15) is 5.75 Å². The third-order valence-corrected chi connectivity index (χ3v) is 4.15. The molecule has 0 radical (unpaired) electrons. The van der Waals surface area contributed by atoms with Crippen LogP contribution >= 0.6 is 39.1 Å². The molecular formula is C14H9BrCl2O2. The van der Waals surface area contributed by atoms with Crippen LogP contribution in [-0.2, 0) is 0 Å². The van der Waals surface area contributed by atoms with Gasteiger partial charge in [0.25, 0.3) is 0 Å². The lowest BCUT2D eigenvalue weighted by molar-refractivity contribution is 0.103. The highest BCUT2D eigenvalue weighted by Crippen LogP contribution is 2.28. The van der Waals surface area contributed by atoms with Crippen LogP contribution in [0.25, 0.3) is 0 Å². The van der Waals surface area contributed by atoms with E-state index in [1.165, 1.54) is 0 Å². The summed E-state index contributed by atoms with van der Waals surface area (Å²) in [5, 5.41) is 0.832. The number of ketones is 1. The summed E-state index contributed by atoms with van der Waals surface area (Å²) in [5.74, 6) is 0.428. The van der Waals surface area contributed by atoms with Gasteiger partial charge < -0.3 is 4.74 Å². The lowest BCUT2D eigenvalue weighted by Gasteiger charge is -2.07. The van der Waals surface area contributed by atoms with Gasteiger partial charge in [-0.2, -0.15) is 0 Å². The molecular weight excluding hydrogens is 351 g/mol. The topological polar surface area (TPSA) is 26.3 Å². The molecule has 5 heteroatoms. The van der Waals surface area contributed by atoms with Crippen molar-refractivity contribution in [2.45, 2.75) is 0 Å². The van der Waals surface area contributed by atoms with E-state index in [9.17, 15) is 4.79 Å². The molecule has 0 amide bonds. The van der Waals surface area contributed by atoms with Crippen molar-refractivity contribution >= 4 is 44.9 Å². The van der Waals surface area contributed by atoms with Crippen LogP contribution in [0.3, 0.4) is 0 Å². The van der Waals surface area contributed by atoms with Gasteiger partial charge in [-0.1, -0.05) is 23.2 Å². The molecule has 19 heavy (non-hydrogen) atoms. The zero-order valence-corrected chi connectivity index (χ0v) is 13.0. The van der Waals surface area contributed by atoms with E-state index in [1.54, 1.807) is 43.5 Å². The van der Waals surface area contributed by atoms with Crippen molar-refractivity contribution < 1.29 is 9.53 Å². The molecule has 0 saturated carbocycles. The Labute approximate surface area is 129 Å². The largest absolute Gasteiger partial charge is 0.497 e. The van der Waals surface area contributed by atoms with Crippen LogP contribution in [0.2, 0.25) is 10.0 Å². The summed E-state index contributed by atoms with van der Waals surface area (Å²) < 4.78 is 5.79. The summed E-state index contributed by atoms with van der Waals surface area (Å²) in [4.78, 5) is 12.3. The van der Waals surface area contributed by atoms with Crippen LogP contribution in [0.5, 0.6) is 5.75 Å². The average molecular weight is 360 g/mol. The molecule has 0 N–H and O–H groups in total. The fourth-order valence-electron chi connectivity index (χ4n) is 1.60. The van der Waals surface area contributed by atoms with E-state index in [-0.39, 0.29) is 5.78 Å². The van der Waals surface area contributed by atoms with Crippen molar-refractivity contribution in [2.24, 2.45) is 0 Å². The molecule has 0 spiro atoms. The molecule has 0 aliphatic rings. The molecule has 0 aliphatic carbocycles.